The molecule has 1 aliphatic heterocycles. The van der Waals surface area contributed by atoms with Gasteiger partial charge in [0.2, 0.25) is 0 Å². The SMILES string of the molecule is c1ccc(C2CCC(C3=NCCO3)CC2)cc1. The lowest BCUT2D eigenvalue weighted by Crippen LogP contribution is -2.21. The van der Waals surface area contributed by atoms with E-state index in [1.54, 1.807) is 0 Å². The highest BCUT2D eigenvalue weighted by atomic mass is 16.5. The zero-order valence-corrected chi connectivity index (χ0v) is 10.1. The minimum atomic E-state index is 0.595. The maximum absolute atomic E-state index is 5.58. The predicted octanol–water partition coefficient (Wildman–Crippen LogP) is 3.39. The minimum Gasteiger partial charge on any atom is -0.479 e. The summed E-state index contributed by atoms with van der Waals surface area (Å²) in [6.45, 7) is 1.67. The number of hydrogen-bond donors (Lipinski definition) is 0. The van der Waals surface area contributed by atoms with E-state index in [4.69, 9.17) is 4.74 Å². The lowest BCUT2D eigenvalue weighted by molar-refractivity contribution is 0.291. The second-order valence-electron chi connectivity index (χ2n) is 5.03. The van der Waals surface area contributed by atoms with E-state index in [9.17, 15) is 0 Å². The van der Waals surface area contributed by atoms with Crippen molar-refractivity contribution < 1.29 is 4.74 Å². The minimum absolute atomic E-state index is 0.595. The lowest BCUT2D eigenvalue weighted by atomic mass is 9.78. The van der Waals surface area contributed by atoms with Crippen molar-refractivity contribution in [2.45, 2.75) is 31.6 Å². The average molecular weight is 229 g/mol. The molecule has 3 rings (SSSR count). The first-order valence-corrected chi connectivity index (χ1v) is 6.65. The highest BCUT2D eigenvalue weighted by Crippen LogP contribution is 2.36. The molecule has 2 aliphatic rings. The molecule has 0 unspecified atom stereocenters. The van der Waals surface area contributed by atoms with Crippen LogP contribution in [0.2, 0.25) is 0 Å². The Labute approximate surface area is 103 Å². The molecule has 1 fully saturated rings. The Balaban J connectivity index is 1.61. The van der Waals surface area contributed by atoms with Gasteiger partial charge in [0.05, 0.1) is 6.54 Å². The average Bonchev–Trinajstić information content (AvgIpc) is 2.94. The zero-order chi connectivity index (χ0) is 11.5. The van der Waals surface area contributed by atoms with Gasteiger partial charge in [-0.2, -0.15) is 0 Å². The fourth-order valence-corrected chi connectivity index (χ4v) is 3.00. The van der Waals surface area contributed by atoms with Gasteiger partial charge in [-0.1, -0.05) is 30.3 Å². The molecular weight excluding hydrogens is 210 g/mol. The van der Waals surface area contributed by atoms with E-state index in [0.29, 0.717) is 5.92 Å². The van der Waals surface area contributed by atoms with Crippen molar-refractivity contribution in [2.24, 2.45) is 10.9 Å². The highest BCUT2D eigenvalue weighted by Gasteiger charge is 2.27. The van der Waals surface area contributed by atoms with Gasteiger partial charge in [0.1, 0.15) is 6.61 Å². The monoisotopic (exact) mass is 229 g/mol. The van der Waals surface area contributed by atoms with Gasteiger partial charge in [0.15, 0.2) is 5.90 Å². The van der Waals surface area contributed by atoms with E-state index in [0.717, 1.165) is 25.0 Å². The van der Waals surface area contributed by atoms with Crippen LogP contribution in [0.4, 0.5) is 0 Å². The number of hydrogen-bond acceptors (Lipinski definition) is 2. The summed E-state index contributed by atoms with van der Waals surface area (Å²) in [4.78, 5) is 4.45. The maximum atomic E-state index is 5.58. The van der Waals surface area contributed by atoms with Crippen LogP contribution in [0.5, 0.6) is 0 Å². The van der Waals surface area contributed by atoms with E-state index in [-0.39, 0.29) is 0 Å². The van der Waals surface area contributed by atoms with Gasteiger partial charge < -0.3 is 4.74 Å². The molecule has 1 aromatic carbocycles. The molecule has 1 heterocycles. The molecule has 90 valence electrons. The Bertz CT molecular complexity index is 391. The molecule has 2 nitrogen and oxygen atoms in total. The molecule has 1 aromatic rings. The number of nitrogens with zero attached hydrogens (tertiary/aromatic N) is 1. The third kappa shape index (κ3) is 2.36. The van der Waals surface area contributed by atoms with Crippen LogP contribution in [0.1, 0.15) is 37.2 Å². The van der Waals surface area contributed by atoms with Gasteiger partial charge >= 0.3 is 0 Å². The van der Waals surface area contributed by atoms with E-state index in [1.807, 2.05) is 0 Å². The molecule has 0 amide bonds. The van der Waals surface area contributed by atoms with E-state index < -0.39 is 0 Å². The molecule has 0 N–H and O–H groups in total. The van der Waals surface area contributed by atoms with Crippen molar-refractivity contribution in [3.05, 3.63) is 35.9 Å². The van der Waals surface area contributed by atoms with Crippen molar-refractivity contribution in [3.8, 4) is 0 Å². The summed E-state index contributed by atoms with van der Waals surface area (Å²) in [6, 6.07) is 10.9. The van der Waals surface area contributed by atoms with Crippen molar-refractivity contribution in [3.63, 3.8) is 0 Å². The van der Waals surface area contributed by atoms with Crippen LogP contribution in [0.15, 0.2) is 35.3 Å². The van der Waals surface area contributed by atoms with Crippen molar-refractivity contribution >= 4 is 5.90 Å². The van der Waals surface area contributed by atoms with Crippen LogP contribution in [-0.2, 0) is 4.74 Å². The number of ether oxygens (including phenoxy) is 1. The van der Waals surface area contributed by atoms with Gasteiger partial charge in [-0.05, 0) is 37.2 Å². The van der Waals surface area contributed by atoms with Crippen LogP contribution < -0.4 is 0 Å². The van der Waals surface area contributed by atoms with Crippen LogP contribution >= 0.6 is 0 Å². The molecule has 1 aliphatic carbocycles. The third-order valence-electron chi connectivity index (χ3n) is 3.96. The highest BCUT2D eigenvalue weighted by molar-refractivity contribution is 5.80. The second-order valence-corrected chi connectivity index (χ2v) is 5.03. The Morgan fingerprint density at radius 1 is 0.941 bits per heavy atom. The Morgan fingerprint density at radius 3 is 2.29 bits per heavy atom. The summed E-state index contributed by atoms with van der Waals surface area (Å²) >= 11 is 0. The standard InChI is InChI=1S/C15H19NO/c1-2-4-12(5-3-1)13-6-8-14(9-7-13)15-16-10-11-17-15/h1-5,13-14H,6-11H2. The van der Waals surface area contributed by atoms with E-state index in [2.05, 4.69) is 35.3 Å². The van der Waals surface area contributed by atoms with Crippen LogP contribution in [-0.4, -0.2) is 19.0 Å². The topological polar surface area (TPSA) is 21.6 Å². The number of aliphatic imine (C=N–C) groups is 1. The lowest BCUT2D eigenvalue weighted by Gasteiger charge is -2.28. The molecule has 0 atom stereocenters. The predicted molar refractivity (Wildman–Crippen MR) is 69.4 cm³/mol. The van der Waals surface area contributed by atoms with Gasteiger partial charge in [-0.25, -0.2) is 0 Å². The first kappa shape index (κ1) is 10.8. The second kappa shape index (κ2) is 4.91. The normalized spacial score (nSPS) is 28.6. The van der Waals surface area contributed by atoms with Gasteiger partial charge in [-0.15, -0.1) is 0 Å². The Morgan fingerprint density at radius 2 is 1.65 bits per heavy atom. The van der Waals surface area contributed by atoms with Gasteiger partial charge in [-0.3, -0.25) is 4.99 Å². The van der Waals surface area contributed by atoms with E-state index >= 15 is 0 Å². The molecule has 0 spiro atoms. The summed E-state index contributed by atoms with van der Waals surface area (Å²) in [5, 5.41) is 0. The third-order valence-corrected chi connectivity index (χ3v) is 3.96. The summed E-state index contributed by atoms with van der Waals surface area (Å²) in [7, 11) is 0. The summed E-state index contributed by atoms with van der Waals surface area (Å²) < 4.78 is 5.58. The summed E-state index contributed by atoms with van der Waals surface area (Å²) in [6.07, 6.45) is 5.02. The Kier molecular flexibility index (Phi) is 3.12. The van der Waals surface area contributed by atoms with E-state index in [1.165, 1.54) is 31.2 Å². The van der Waals surface area contributed by atoms with Gasteiger partial charge in [0, 0.05) is 5.92 Å². The number of rotatable bonds is 2. The number of benzene rings is 1. The molecule has 0 radical (unpaired) electrons. The molecule has 1 saturated carbocycles. The first-order chi connectivity index (χ1) is 8.43. The van der Waals surface area contributed by atoms with Crippen LogP contribution in [0.3, 0.4) is 0 Å². The largest absolute Gasteiger partial charge is 0.479 e. The Hall–Kier alpha value is -1.31. The molecule has 0 aromatic heterocycles. The molecule has 2 heteroatoms. The maximum Gasteiger partial charge on any atom is 0.186 e. The quantitative estimate of drug-likeness (QED) is 0.761. The van der Waals surface area contributed by atoms with Crippen LogP contribution in [0, 0.1) is 5.92 Å². The molecule has 0 saturated heterocycles. The summed E-state index contributed by atoms with van der Waals surface area (Å²) in [5.74, 6) is 2.38. The smallest absolute Gasteiger partial charge is 0.186 e. The summed E-state index contributed by atoms with van der Waals surface area (Å²) in [5.41, 5.74) is 1.50. The van der Waals surface area contributed by atoms with Gasteiger partial charge in [0.25, 0.3) is 0 Å². The van der Waals surface area contributed by atoms with Crippen molar-refractivity contribution in [1.82, 2.24) is 0 Å². The molecular formula is C15H19NO. The van der Waals surface area contributed by atoms with Crippen molar-refractivity contribution in [2.75, 3.05) is 13.2 Å². The van der Waals surface area contributed by atoms with Crippen LogP contribution in [0.25, 0.3) is 0 Å². The fraction of sp³-hybridized carbons (Fsp3) is 0.533. The zero-order valence-electron chi connectivity index (χ0n) is 10.1. The fourth-order valence-electron chi connectivity index (χ4n) is 3.00. The first-order valence-electron chi connectivity index (χ1n) is 6.65. The molecule has 0 bridgehead atoms. The molecule has 17 heavy (non-hydrogen) atoms. The van der Waals surface area contributed by atoms with Crippen molar-refractivity contribution in [1.29, 1.82) is 0 Å².